The molecule has 1 heterocycles. The van der Waals surface area contributed by atoms with Gasteiger partial charge < -0.3 is 15.8 Å². The zero-order valence-corrected chi connectivity index (χ0v) is 13.6. The molecule has 6 heteroatoms. The van der Waals surface area contributed by atoms with E-state index in [0.29, 0.717) is 23.2 Å². The summed E-state index contributed by atoms with van der Waals surface area (Å²) in [7, 11) is 1.59. The van der Waals surface area contributed by atoms with Gasteiger partial charge in [-0.15, -0.1) is 0 Å². The van der Waals surface area contributed by atoms with Crippen LogP contribution >= 0.6 is 11.8 Å². The first kappa shape index (κ1) is 16.0. The molecule has 1 aromatic rings. The number of nitrogens with zero attached hydrogens (tertiary/aromatic N) is 1. The zero-order valence-electron chi connectivity index (χ0n) is 12.8. The molecular weight excluding hydrogens is 286 g/mol. The van der Waals surface area contributed by atoms with Gasteiger partial charge in [0, 0.05) is 30.2 Å². The van der Waals surface area contributed by atoms with Crippen molar-refractivity contribution in [2.75, 3.05) is 36.2 Å². The Kier molecular flexibility index (Phi) is 5.36. The Bertz CT molecular complexity index is 510. The van der Waals surface area contributed by atoms with Crippen LogP contribution in [0.3, 0.4) is 0 Å². The fraction of sp³-hybridized carbons (Fsp3) is 0.533. The van der Waals surface area contributed by atoms with Crippen molar-refractivity contribution >= 4 is 29.0 Å². The van der Waals surface area contributed by atoms with E-state index in [1.54, 1.807) is 25.3 Å². The number of rotatable bonds is 4. The van der Waals surface area contributed by atoms with Gasteiger partial charge in [-0.1, -0.05) is 0 Å². The third-order valence-corrected chi connectivity index (χ3v) is 5.00. The highest BCUT2D eigenvalue weighted by atomic mass is 32.2. The number of benzene rings is 1. The van der Waals surface area contributed by atoms with Gasteiger partial charge in [-0.25, -0.2) is 0 Å². The molecule has 0 radical (unpaired) electrons. The van der Waals surface area contributed by atoms with Crippen LogP contribution in [0.4, 0.5) is 11.4 Å². The first-order valence-corrected chi connectivity index (χ1v) is 8.26. The van der Waals surface area contributed by atoms with Gasteiger partial charge in [0.2, 0.25) is 5.91 Å². The lowest BCUT2D eigenvalue weighted by Crippen LogP contribution is -2.50. The minimum Gasteiger partial charge on any atom is -0.497 e. The summed E-state index contributed by atoms with van der Waals surface area (Å²) in [6.45, 7) is 5.05. The molecule has 21 heavy (non-hydrogen) atoms. The van der Waals surface area contributed by atoms with Crippen LogP contribution in [0, 0.1) is 0 Å². The number of hydrogen-bond donors (Lipinski definition) is 2. The molecule has 1 aliphatic rings. The van der Waals surface area contributed by atoms with Crippen LogP contribution < -0.4 is 15.8 Å². The number of hydrogen-bond acceptors (Lipinski definition) is 5. The number of nitrogens with one attached hydrogen (secondary N) is 1. The molecule has 0 aromatic heterocycles. The van der Waals surface area contributed by atoms with Crippen LogP contribution in [0.1, 0.15) is 13.8 Å². The van der Waals surface area contributed by atoms with E-state index in [0.717, 1.165) is 18.1 Å². The molecule has 1 aliphatic heterocycles. The van der Waals surface area contributed by atoms with Crippen molar-refractivity contribution < 1.29 is 9.53 Å². The maximum atomic E-state index is 12.4. The van der Waals surface area contributed by atoms with Crippen molar-refractivity contribution in [1.82, 2.24) is 4.90 Å². The number of thioether (sulfide) groups is 1. The van der Waals surface area contributed by atoms with E-state index in [4.69, 9.17) is 10.5 Å². The van der Waals surface area contributed by atoms with Crippen molar-refractivity contribution in [1.29, 1.82) is 0 Å². The first-order valence-electron chi connectivity index (χ1n) is 7.10. The molecule has 0 saturated carbocycles. The number of nitrogens with two attached hydrogens (primary N) is 1. The van der Waals surface area contributed by atoms with Crippen molar-refractivity contribution in [2.45, 2.75) is 25.9 Å². The van der Waals surface area contributed by atoms with Crippen LogP contribution in [0.25, 0.3) is 0 Å². The number of ether oxygens (including phenoxy) is 1. The average Bonchev–Trinajstić information content (AvgIpc) is 2.49. The zero-order chi connectivity index (χ0) is 15.4. The molecule has 116 valence electrons. The Balaban J connectivity index is 2.03. The molecule has 0 spiro atoms. The number of nitrogen functional groups attached to an aromatic ring is 1. The maximum Gasteiger partial charge on any atom is 0.241 e. The summed E-state index contributed by atoms with van der Waals surface area (Å²) in [6, 6.07) is 5.52. The quantitative estimate of drug-likeness (QED) is 0.833. The van der Waals surface area contributed by atoms with E-state index < -0.39 is 0 Å². The highest BCUT2D eigenvalue weighted by Gasteiger charge is 2.28. The maximum absolute atomic E-state index is 12.4. The van der Waals surface area contributed by atoms with Gasteiger partial charge in [0.05, 0.1) is 24.5 Å². The Morgan fingerprint density at radius 1 is 1.57 bits per heavy atom. The summed E-state index contributed by atoms with van der Waals surface area (Å²) in [5.74, 6) is 2.81. The number of anilines is 2. The fourth-order valence-electron chi connectivity index (χ4n) is 2.48. The number of carbonyl (C=O) groups is 1. The lowest BCUT2D eigenvalue weighted by atomic mass is 10.2. The topological polar surface area (TPSA) is 67.6 Å². The average molecular weight is 309 g/mol. The predicted molar refractivity (Wildman–Crippen MR) is 89.0 cm³/mol. The lowest BCUT2D eigenvalue weighted by molar-refractivity contribution is -0.121. The summed E-state index contributed by atoms with van der Waals surface area (Å²) >= 11 is 1.94. The molecule has 5 nitrogen and oxygen atoms in total. The minimum atomic E-state index is -0.164. The summed E-state index contributed by atoms with van der Waals surface area (Å²) in [5.41, 5.74) is 7.08. The van der Waals surface area contributed by atoms with E-state index in [2.05, 4.69) is 17.1 Å². The van der Waals surface area contributed by atoms with E-state index >= 15 is 0 Å². The molecule has 2 atom stereocenters. The molecule has 0 aliphatic carbocycles. The number of methoxy groups -OCH3 is 1. The molecule has 1 aromatic carbocycles. The smallest absolute Gasteiger partial charge is 0.241 e. The largest absolute Gasteiger partial charge is 0.497 e. The van der Waals surface area contributed by atoms with Gasteiger partial charge >= 0.3 is 0 Å². The highest BCUT2D eigenvalue weighted by Crippen LogP contribution is 2.25. The van der Waals surface area contributed by atoms with Crippen molar-refractivity contribution in [3.05, 3.63) is 18.2 Å². The standard InChI is InChI=1S/C15H23N3O2S/c1-10-9-21-7-6-18(10)11(2)15(19)17-14-5-4-12(20-3)8-13(14)16/h4-5,8,10-11H,6-7,9,16H2,1-3H3,(H,17,19). The summed E-state index contributed by atoms with van der Waals surface area (Å²) in [4.78, 5) is 14.7. The Labute approximate surface area is 130 Å². The summed E-state index contributed by atoms with van der Waals surface area (Å²) in [5, 5.41) is 2.91. The van der Waals surface area contributed by atoms with Crippen LogP contribution in [-0.2, 0) is 4.79 Å². The van der Waals surface area contributed by atoms with Gasteiger partial charge in [0.15, 0.2) is 0 Å². The van der Waals surface area contributed by atoms with E-state index in [9.17, 15) is 4.79 Å². The predicted octanol–water partition coefficient (Wildman–Crippen LogP) is 2.04. The molecule has 2 rings (SSSR count). The van der Waals surface area contributed by atoms with E-state index in [-0.39, 0.29) is 11.9 Å². The normalized spacial score (nSPS) is 20.8. The van der Waals surface area contributed by atoms with Crippen molar-refractivity contribution in [3.63, 3.8) is 0 Å². The molecule has 1 amide bonds. The Hall–Kier alpha value is -1.40. The van der Waals surface area contributed by atoms with Gasteiger partial charge in [0.1, 0.15) is 5.75 Å². The lowest BCUT2D eigenvalue weighted by Gasteiger charge is -2.36. The monoisotopic (exact) mass is 309 g/mol. The van der Waals surface area contributed by atoms with Crippen molar-refractivity contribution in [2.24, 2.45) is 0 Å². The third kappa shape index (κ3) is 3.83. The van der Waals surface area contributed by atoms with Crippen LogP contribution in [0.15, 0.2) is 18.2 Å². The van der Waals surface area contributed by atoms with Crippen LogP contribution in [0.2, 0.25) is 0 Å². The molecule has 0 bridgehead atoms. The van der Waals surface area contributed by atoms with Crippen LogP contribution in [0.5, 0.6) is 5.75 Å². The van der Waals surface area contributed by atoms with Gasteiger partial charge in [-0.05, 0) is 26.0 Å². The summed E-state index contributed by atoms with van der Waals surface area (Å²) < 4.78 is 5.11. The fourth-order valence-corrected chi connectivity index (χ4v) is 3.52. The summed E-state index contributed by atoms with van der Waals surface area (Å²) in [6.07, 6.45) is 0. The second-order valence-electron chi connectivity index (χ2n) is 5.28. The first-order chi connectivity index (χ1) is 10.0. The SMILES string of the molecule is COc1ccc(NC(=O)C(C)N2CCSCC2C)c(N)c1. The van der Waals surface area contributed by atoms with Crippen LogP contribution in [-0.4, -0.2) is 48.1 Å². The van der Waals surface area contributed by atoms with Gasteiger partial charge in [0.25, 0.3) is 0 Å². The van der Waals surface area contributed by atoms with Gasteiger partial charge in [-0.2, -0.15) is 11.8 Å². The third-order valence-electron chi connectivity index (χ3n) is 3.81. The highest BCUT2D eigenvalue weighted by molar-refractivity contribution is 7.99. The van der Waals surface area contributed by atoms with Gasteiger partial charge in [-0.3, -0.25) is 9.69 Å². The Morgan fingerprint density at radius 3 is 2.95 bits per heavy atom. The minimum absolute atomic E-state index is 0.0226. The second kappa shape index (κ2) is 7.04. The molecule has 2 unspecified atom stereocenters. The number of carbonyl (C=O) groups excluding carboxylic acids is 1. The molecule has 1 saturated heterocycles. The van der Waals surface area contributed by atoms with E-state index in [1.807, 2.05) is 18.7 Å². The second-order valence-corrected chi connectivity index (χ2v) is 6.43. The Morgan fingerprint density at radius 2 is 2.33 bits per heavy atom. The molecule has 3 N–H and O–H groups in total. The van der Waals surface area contributed by atoms with Crippen molar-refractivity contribution in [3.8, 4) is 5.75 Å². The molecular formula is C15H23N3O2S. The number of amides is 1. The van der Waals surface area contributed by atoms with E-state index in [1.165, 1.54) is 0 Å². The molecule has 1 fully saturated rings.